The number of halogens is 1. The maximum Gasteiger partial charge on any atom is 0.329 e. The summed E-state index contributed by atoms with van der Waals surface area (Å²) in [7, 11) is 3.10. The van der Waals surface area contributed by atoms with Gasteiger partial charge in [-0.1, -0.05) is 12.1 Å². The molecule has 0 aliphatic carbocycles. The Labute approximate surface area is 264 Å². The SMILES string of the molecule is CCOc1cc(/C=N\NC(=O)C(=O)NCCc2ccc(OC)c(OC)c2)cc(I)c1OCC(=O)Nc1cc(C)cc(C)c1. The first-order valence-corrected chi connectivity index (χ1v) is 14.5. The molecule has 0 spiro atoms. The number of carbonyl (C=O) groups excluding carboxylic acids is 3. The van der Waals surface area contributed by atoms with Gasteiger partial charge in [0.2, 0.25) is 0 Å². The number of nitrogens with one attached hydrogen (secondary N) is 3. The maximum atomic E-state index is 12.5. The third-order valence-corrected chi connectivity index (χ3v) is 6.72. The van der Waals surface area contributed by atoms with Gasteiger partial charge in [-0.2, -0.15) is 5.10 Å². The molecule has 0 heterocycles. The first kappa shape index (κ1) is 33.2. The monoisotopic (exact) mass is 702 g/mol. The van der Waals surface area contributed by atoms with Gasteiger partial charge in [0.05, 0.1) is 30.6 Å². The van der Waals surface area contributed by atoms with E-state index in [-0.39, 0.29) is 19.1 Å². The van der Waals surface area contributed by atoms with Gasteiger partial charge in [0.1, 0.15) is 0 Å². The second-order valence-electron chi connectivity index (χ2n) is 9.37. The van der Waals surface area contributed by atoms with E-state index in [1.165, 1.54) is 6.21 Å². The molecule has 0 aliphatic rings. The summed E-state index contributed by atoms with van der Waals surface area (Å²) in [6.45, 7) is 6.14. The minimum absolute atomic E-state index is 0.215. The summed E-state index contributed by atoms with van der Waals surface area (Å²) in [5, 5.41) is 9.31. The summed E-state index contributed by atoms with van der Waals surface area (Å²) in [6.07, 6.45) is 1.87. The number of hydrogen-bond acceptors (Lipinski definition) is 8. The molecular formula is C31H35IN4O7. The van der Waals surface area contributed by atoms with Crippen molar-refractivity contribution in [3.8, 4) is 23.0 Å². The van der Waals surface area contributed by atoms with Gasteiger partial charge in [0, 0.05) is 12.2 Å². The number of anilines is 1. The normalized spacial score (nSPS) is 10.7. The highest BCUT2D eigenvalue weighted by Gasteiger charge is 2.15. The summed E-state index contributed by atoms with van der Waals surface area (Å²) in [4.78, 5) is 36.9. The summed E-state index contributed by atoms with van der Waals surface area (Å²) < 4.78 is 22.7. The molecule has 43 heavy (non-hydrogen) atoms. The molecule has 3 rings (SSSR count). The molecule has 0 fully saturated rings. The third-order valence-electron chi connectivity index (χ3n) is 5.92. The highest BCUT2D eigenvalue weighted by molar-refractivity contribution is 14.1. The number of carbonyl (C=O) groups is 3. The van der Waals surface area contributed by atoms with Crippen molar-refractivity contribution in [1.82, 2.24) is 10.7 Å². The van der Waals surface area contributed by atoms with Crippen LogP contribution in [0.4, 0.5) is 5.69 Å². The molecule has 0 unspecified atom stereocenters. The van der Waals surface area contributed by atoms with Crippen LogP contribution < -0.4 is 35.0 Å². The fraction of sp³-hybridized carbons (Fsp3) is 0.290. The summed E-state index contributed by atoms with van der Waals surface area (Å²) >= 11 is 2.07. The van der Waals surface area contributed by atoms with Gasteiger partial charge < -0.3 is 29.6 Å². The Kier molecular flexibility index (Phi) is 12.6. The lowest BCUT2D eigenvalue weighted by Crippen LogP contribution is -2.38. The molecule has 0 atom stereocenters. The van der Waals surface area contributed by atoms with Gasteiger partial charge in [0.15, 0.2) is 29.6 Å². The van der Waals surface area contributed by atoms with E-state index in [1.54, 1.807) is 32.4 Å². The average Bonchev–Trinajstić information content (AvgIpc) is 2.96. The van der Waals surface area contributed by atoms with Crippen LogP contribution in [0.5, 0.6) is 23.0 Å². The van der Waals surface area contributed by atoms with Crippen molar-refractivity contribution in [2.75, 3.05) is 39.3 Å². The quantitative estimate of drug-likeness (QED) is 0.105. The molecule has 0 saturated carbocycles. The van der Waals surface area contributed by atoms with Gasteiger partial charge >= 0.3 is 11.8 Å². The fourth-order valence-electron chi connectivity index (χ4n) is 4.10. The molecule has 3 aromatic rings. The lowest BCUT2D eigenvalue weighted by Gasteiger charge is -2.15. The highest BCUT2D eigenvalue weighted by Crippen LogP contribution is 2.34. The zero-order valence-electron chi connectivity index (χ0n) is 24.7. The Hall–Kier alpha value is -4.33. The van der Waals surface area contributed by atoms with Crippen molar-refractivity contribution in [3.05, 3.63) is 74.4 Å². The van der Waals surface area contributed by atoms with Crippen molar-refractivity contribution in [2.45, 2.75) is 27.2 Å². The lowest BCUT2D eigenvalue weighted by molar-refractivity contribution is -0.139. The zero-order valence-corrected chi connectivity index (χ0v) is 26.9. The van der Waals surface area contributed by atoms with Crippen LogP contribution in [0.2, 0.25) is 0 Å². The topological polar surface area (TPSA) is 137 Å². The summed E-state index contributed by atoms with van der Waals surface area (Å²) in [6, 6.07) is 14.7. The number of rotatable bonds is 13. The maximum absolute atomic E-state index is 12.5. The first-order valence-electron chi connectivity index (χ1n) is 13.4. The van der Waals surface area contributed by atoms with Crippen LogP contribution in [0.1, 0.15) is 29.2 Å². The van der Waals surface area contributed by atoms with Gasteiger partial charge in [-0.3, -0.25) is 14.4 Å². The molecule has 3 N–H and O–H groups in total. The van der Waals surface area contributed by atoms with Crippen LogP contribution in [-0.4, -0.2) is 57.9 Å². The van der Waals surface area contributed by atoms with E-state index in [2.05, 4.69) is 43.8 Å². The van der Waals surface area contributed by atoms with Gasteiger partial charge in [-0.25, -0.2) is 5.43 Å². The Bertz CT molecular complexity index is 1470. The molecular weight excluding hydrogens is 667 g/mol. The van der Waals surface area contributed by atoms with Crippen molar-refractivity contribution in [3.63, 3.8) is 0 Å². The van der Waals surface area contributed by atoms with E-state index >= 15 is 0 Å². The van der Waals surface area contributed by atoms with Crippen molar-refractivity contribution in [2.24, 2.45) is 5.10 Å². The van der Waals surface area contributed by atoms with E-state index in [0.717, 1.165) is 16.7 Å². The minimum Gasteiger partial charge on any atom is -0.493 e. The molecule has 3 aromatic carbocycles. The Balaban J connectivity index is 1.54. The molecule has 0 radical (unpaired) electrons. The molecule has 11 nitrogen and oxygen atoms in total. The summed E-state index contributed by atoms with van der Waals surface area (Å²) in [5.74, 6) is -0.0167. The molecule has 228 valence electrons. The Morgan fingerprint density at radius 1 is 0.884 bits per heavy atom. The molecule has 0 saturated heterocycles. The third kappa shape index (κ3) is 10.2. The fourth-order valence-corrected chi connectivity index (χ4v) is 4.88. The number of hydrogen-bond donors (Lipinski definition) is 3. The van der Waals surface area contributed by atoms with E-state index in [4.69, 9.17) is 18.9 Å². The second-order valence-corrected chi connectivity index (χ2v) is 10.5. The second kappa shape index (κ2) is 16.3. The van der Waals surface area contributed by atoms with Crippen LogP contribution in [0.3, 0.4) is 0 Å². The van der Waals surface area contributed by atoms with Gasteiger partial charge in [-0.05, 0) is 108 Å². The number of aryl methyl sites for hydroxylation is 2. The van der Waals surface area contributed by atoms with Gasteiger partial charge in [0.25, 0.3) is 5.91 Å². The van der Waals surface area contributed by atoms with Crippen LogP contribution >= 0.6 is 22.6 Å². The Morgan fingerprint density at radius 3 is 2.28 bits per heavy atom. The predicted octanol–water partition coefficient (Wildman–Crippen LogP) is 4.15. The van der Waals surface area contributed by atoms with Crippen LogP contribution in [0.15, 0.2) is 53.6 Å². The van der Waals surface area contributed by atoms with Crippen LogP contribution in [0, 0.1) is 17.4 Å². The Morgan fingerprint density at radius 2 is 1.60 bits per heavy atom. The van der Waals surface area contributed by atoms with E-state index < -0.39 is 11.8 Å². The molecule has 0 bridgehead atoms. The smallest absolute Gasteiger partial charge is 0.329 e. The largest absolute Gasteiger partial charge is 0.493 e. The van der Waals surface area contributed by atoms with Gasteiger partial charge in [-0.15, -0.1) is 0 Å². The standard InChI is InChI=1S/C31H35IN4O7/c1-6-42-27-16-22(14-24(32)29(27)43-18-28(37)35-23-12-19(2)11-20(3)13-23)17-34-36-31(39)30(38)33-10-9-21-7-8-25(40-4)26(15-21)41-5/h7-8,11-17H,6,9-10,18H2,1-5H3,(H,33,38)(H,35,37)(H,36,39)/b34-17-. The van der Waals surface area contributed by atoms with E-state index in [0.29, 0.717) is 50.8 Å². The summed E-state index contributed by atoms with van der Waals surface area (Å²) in [5.41, 5.74) is 6.52. The van der Waals surface area contributed by atoms with Crippen molar-refractivity contribution in [1.29, 1.82) is 0 Å². The molecule has 12 heteroatoms. The highest BCUT2D eigenvalue weighted by atomic mass is 127. The van der Waals surface area contributed by atoms with E-state index in [1.807, 2.05) is 51.1 Å². The molecule has 3 amide bonds. The number of amides is 3. The van der Waals surface area contributed by atoms with E-state index in [9.17, 15) is 14.4 Å². The number of benzene rings is 3. The van der Waals surface area contributed by atoms with Crippen LogP contribution in [0.25, 0.3) is 0 Å². The van der Waals surface area contributed by atoms with Crippen molar-refractivity contribution >= 4 is 52.2 Å². The number of nitrogens with zero attached hydrogens (tertiary/aromatic N) is 1. The zero-order chi connectivity index (χ0) is 31.4. The lowest BCUT2D eigenvalue weighted by atomic mass is 10.1. The number of hydrazone groups is 1. The first-order chi connectivity index (χ1) is 20.6. The number of methoxy groups -OCH3 is 2. The average molecular weight is 703 g/mol. The van der Waals surface area contributed by atoms with Crippen molar-refractivity contribution < 1.29 is 33.3 Å². The predicted molar refractivity (Wildman–Crippen MR) is 172 cm³/mol. The number of ether oxygens (including phenoxy) is 4. The van der Waals surface area contributed by atoms with Crippen LogP contribution in [-0.2, 0) is 20.8 Å². The molecule has 0 aliphatic heterocycles. The molecule has 0 aromatic heterocycles. The minimum atomic E-state index is -0.905.